The number of H-pyrrole nitrogens is 1. The Morgan fingerprint density at radius 3 is 2.35 bits per heavy atom. The van der Waals surface area contributed by atoms with E-state index in [0.29, 0.717) is 0 Å². The Labute approximate surface area is 99.3 Å². The van der Waals surface area contributed by atoms with Gasteiger partial charge in [0.2, 0.25) is 0 Å². The van der Waals surface area contributed by atoms with E-state index in [1.807, 2.05) is 30.3 Å². The highest BCUT2D eigenvalue weighted by Gasteiger charge is 2.12. The molecule has 0 aliphatic heterocycles. The molecule has 0 fully saturated rings. The number of carbonyl (C=O) groups excluding carboxylic acids is 1. The van der Waals surface area contributed by atoms with Crippen LogP contribution in [0.3, 0.4) is 0 Å². The van der Waals surface area contributed by atoms with Gasteiger partial charge < -0.3 is 4.98 Å². The van der Waals surface area contributed by atoms with Gasteiger partial charge in [-0.3, -0.25) is 4.79 Å². The minimum Gasteiger partial charge on any atom is -0.354 e. The molecule has 0 bridgehead atoms. The third kappa shape index (κ3) is 1.37. The van der Waals surface area contributed by atoms with E-state index in [2.05, 4.69) is 18.0 Å². The van der Waals surface area contributed by atoms with E-state index in [4.69, 9.17) is 0 Å². The lowest BCUT2D eigenvalue weighted by Crippen LogP contribution is -1.92. The van der Waals surface area contributed by atoms with Gasteiger partial charge in [0.05, 0.1) is 0 Å². The molecule has 0 amide bonds. The van der Waals surface area contributed by atoms with Crippen LogP contribution in [0.15, 0.2) is 36.4 Å². The monoisotopic (exact) mass is 223 g/mol. The van der Waals surface area contributed by atoms with Crippen molar-refractivity contribution in [3.05, 3.63) is 47.5 Å². The summed E-state index contributed by atoms with van der Waals surface area (Å²) >= 11 is 0. The zero-order chi connectivity index (χ0) is 12.0. The van der Waals surface area contributed by atoms with Gasteiger partial charge in [0.25, 0.3) is 0 Å². The van der Waals surface area contributed by atoms with Crippen molar-refractivity contribution in [2.45, 2.75) is 13.8 Å². The Kier molecular flexibility index (Phi) is 2.05. The fourth-order valence-electron chi connectivity index (χ4n) is 2.47. The maximum atomic E-state index is 11.7. The molecular formula is C15H13NO. The molecule has 1 heterocycles. The predicted octanol–water partition coefficient (Wildman–Crippen LogP) is 3.83. The number of hydrogen-bond donors (Lipinski definition) is 1. The summed E-state index contributed by atoms with van der Waals surface area (Å²) < 4.78 is 0. The molecule has 0 saturated heterocycles. The summed E-state index contributed by atoms with van der Waals surface area (Å²) in [5, 5.41) is 2.21. The van der Waals surface area contributed by atoms with Crippen molar-refractivity contribution in [1.29, 1.82) is 0 Å². The molecule has 2 aromatic carbocycles. The largest absolute Gasteiger partial charge is 0.354 e. The van der Waals surface area contributed by atoms with Crippen molar-refractivity contribution in [3.8, 4) is 0 Å². The van der Waals surface area contributed by atoms with Crippen molar-refractivity contribution < 1.29 is 4.79 Å². The minimum atomic E-state index is 0.111. The molecule has 0 aliphatic carbocycles. The summed E-state index contributed by atoms with van der Waals surface area (Å²) in [7, 11) is 0. The average molecular weight is 223 g/mol. The van der Waals surface area contributed by atoms with Crippen LogP contribution in [-0.2, 0) is 0 Å². The smallest absolute Gasteiger partial charge is 0.160 e. The van der Waals surface area contributed by atoms with Crippen LogP contribution in [0, 0.1) is 6.92 Å². The molecule has 0 saturated carbocycles. The number of aromatic nitrogens is 1. The van der Waals surface area contributed by atoms with E-state index in [0.717, 1.165) is 27.4 Å². The zero-order valence-electron chi connectivity index (χ0n) is 9.87. The SMILES string of the molecule is CC(=O)c1cccc2[nH]c3cccc(C)c3c12. The first-order valence-corrected chi connectivity index (χ1v) is 5.69. The van der Waals surface area contributed by atoms with E-state index in [1.165, 1.54) is 5.56 Å². The number of Topliss-reactive ketones (excluding diaryl/α,β-unsaturated/α-hetero) is 1. The second-order valence-corrected chi connectivity index (χ2v) is 4.41. The van der Waals surface area contributed by atoms with Crippen molar-refractivity contribution in [1.82, 2.24) is 4.98 Å². The third-order valence-electron chi connectivity index (χ3n) is 3.24. The van der Waals surface area contributed by atoms with Gasteiger partial charge >= 0.3 is 0 Å². The molecule has 0 atom stereocenters. The minimum absolute atomic E-state index is 0.111. The van der Waals surface area contributed by atoms with Crippen molar-refractivity contribution in [2.24, 2.45) is 0 Å². The molecule has 0 unspecified atom stereocenters. The molecule has 3 aromatic rings. The van der Waals surface area contributed by atoms with E-state index < -0.39 is 0 Å². The zero-order valence-corrected chi connectivity index (χ0v) is 9.87. The van der Waals surface area contributed by atoms with E-state index in [1.54, 1.807) is 6.92 Å². The highest BCUT2D eigenvalue weighted by molar-refractivity contribution is 6.18. The number of aromatic amines is 1. The normalized spacial score (nSPS) is 11.2. The Bertz CT molecular complexity index is 737. The Balaban J connectivity index is 2.61. The lowest BCUT2D eigenvalue weighted by atomic mass is 10.0. The lowest BCUT2D eigenvalue weighted by Gasteiger charge is -2.01. The first-order chi connectivity index (χ1) is 8.18. The average Bonchev–Trinajstić information content (AvgIpc) is 2.67. The van der Waals surface area contributed by atoms with Gasteiger partial charge in [-0.25, -0.2) is 0 Å². The Morgan fingerprint density at radius 1 is 1.00 bits per heavy atom. The fraction of sp³-hybridized carbons (Fsp3) is 0.133. The number of hydrogen-bond acceptors (Lipinski definition) is 1. The second-order valence-electron chi connectivity index (χ2n) is 4.41. The van der Waals surface area contributed by atoms with Crippen molar-refractivity contribution >= 4 is 27.6 Å². The Hall–Kier alpha value is -2.09. The summed E-state index contributed by atoms with van der Waals surface area (Å²) in [6, 6.07) is 12.0. The van der Waals surface area contributed by atoms with Gasteiger partial charge in [0.1, 0.15) is 0 Å². The summed E-state index contributed by atoms with van der Waals surface area (Å²) in [6.07, 6.45) is 0. The van der Waals surface area contributed by atoms with Gasteiger partial charge in [-0.1, -0.05) is 24.3 Å². The van der Waals surface area contributed by atoms with Gasteiger partial charge in [-0.15, -0.1) is 0 Å². The van der Waals surface area contributed by atoms with Crippen LogP contribution < -0.4 is 0 Å². The Morgan fingerprint density at radius 2 is 1.65 bits per heavy atom. The molecule has 1 aromatic heterocycles. The van der Waals surface area contributed by atoms with Crippen LogP contribution in [-0.4, -0.2) is 10.8 Å². The van der Waals surface area contributed by atoms with Gasteiger partial charge in [0, 0.05) is 27.4 Å². The van der Waals surface area contributed by atoms with Crippen LogP contribution in [0.5, 0.6) is 0 Å². The van der Waals surface area contributed by atoms with E-state index in [9.17, 15) is 4.79 Å². The maximum absolute atomic E-state index is 11.7. The standard InChI is InChI=1S/C15H13NO/c1-9-5-3-7-12-14(9)15-11(10(2)17)6-4-8-13(15)16-12/h3-8,16H,1-2H3. The first kappa shape index (κ1) is 10.1. The van der Waals surface area contributed by atoms with Gasteiger partial charge in [-0.05, 0) is 31.5 Å². The molecule has 1 N–H and O–H groups in total. The lowest BCUT2D eigenvalue weighted by molar-refractivity contribution is 0.101. The molecule has 17 heavy (non-hydrogen) atoms. The highest BCUT2D eigenvalue weighted by Crippen LogP contribution is 2.30. The predicted molar refractivity (Wildman–Crippen MR) is 70.5 cm³/mol. The second kappa shape index (κ2) is 3.45. The topological polar surface area (TPSA) is 32.9 Å². The number of aryl methyl sites for hydroxylation is 1. The van der Waals surface area contributed by atoms with E-state index in [-0.39, 0.29) is 5.78 Å². The molecular weight excluding hydrogens is 210 g/mol. The first-order valence-electron chi connectivity index (χ1n) is 5.69. The van der Waals surface area contributed by atoms with Crippen LogP contribution in [0.4, 0.5) is 0 Å². The molecule has 0 spiro atoms. The van der Waals surface area contributed by atoms with Crippen LogP contribution in [0.1, 0.15) is 22.8 Å². The van der Waals surface area contributed by atoms with Crippen molar-refractivity contribution in [2.75, 3.05) is 0 Å². The third-order valence-corrected chi connectivity index (χ3v) is 3.24. The van der Waals surface area contributed by atoms with Crippen LogP contribution in [0.25, 0.3) is 21.8 Å². The van der Waals surface area contributed by atoms with Gasteiger partial charge in [0.15, 0.2) is 5.78 Å². The molecule has 2 nitrogen and oxygen atoms in total. The number of fused-ring (bicyclic) bond motifs is 3. The number of nitrogens with one attached hydrogen (secondary N) is 1. The van der Waals surface area contributed by atoms with Crippen LogP contribution in [0.2, 0.25) is 0 Å². The number of benzene rings is 2. The number of carbonyl (C=O) groups is 1. The molecule has 2 heteroatoms. The maximum Gasteiger partial charge on any atom is 0.160 e. The molecule has 0 radical (unpaired) electrons. The summed E-state index contributed by atoms with van der Waals surface area (Å²) in [4.78, 5) is 15.1. The van der Waals surface area contributed by atoms with E-state index >= 15 is 0 Å². The highest BCUT2D eigenvalue weighted by atomic mass is 16.1. The summed E-state index contributed by atoms with van der Waals surface area (Å²) in [5.41, 5.74) is 4.11. The summed E-state index contributed by atoms with van der Waals surface area (Å²) in [6.45, 7) is 3.69. The fourth-order valence-corrected chi connectivity index (χ4v) is 2.47. The summed E-state index contributed by atoms with van der Waals surface area (Å²) in [5.74, 6) is 0.111. The quantitative estimate of drug-likeness (QED) is 0.625. The molecule has 3 rings (SSSR count). The number of rotatable bonds is 1. The van der Waals surface area contributed by atoms with Crippen LogP contribution >= 0.6 is 0 Å². The molecule has 84 valence electrons. The van der Waals surface area contributed by atoms with Crippen molar-refractivity contribution in [3.63, 3.8) is 0 Å². The van der Waals surface area contributed by atoms with Gasteiger partial charge in [-0.2, -0.15) is 0 Å². The molecule has 0 aliphatic rings. The number of ketones is 1.